The van der Waals surface area contributed by atoms with Gasteiger partial charge in [0.2, 0.25) is 0 Å². The first-order valence-corrected chi connectivity index (χ1v) is 7.66. The molecular formula is C15H20BrNO4. The summed E-state index contributed by atoms with van der Waals surface area (Å²) in [5.41, 5.74) is 0.993. The highest BCUT2D eigenvalue weighted by Crippen LogP contribution is 2.39. The molecule has 0 heterocycles. The van der Waals surface area contributed by atoms with Gasteiger partial charge >= 0.3 is 5.97 Å². The van der Waals surface area contributed by atoms with Crippen molar-refractivity contribution in [2.75, 3.05) is 14.2 Å². The molecule has 0 spiro atoms. The number of rotatable bonds is 7. The normalized spacial score (nSPS) is 15.9. The van der Waals surface area contributed by atoms with Crippen molar-refractivity contribution in [3.63, 3.8) is 0 Å². The van der Waals surface area contributed by atoms with Gasteiger partial charge in [-0.2, -0.15) is 0 Å². The zero-order chi connectivity index (χ0) is 15.6. The van der Waals surface area contributed by atoms with E-state index in [9.17, 15) is 9.90 Å². The van der Waals surface area contributed by atoms with Crippen molar-refractivity contribution in [1.82, 2.24) is 4.90 Å². The first kappa shape index (κ1) is 16.1. The summed E-state index contributed by atoms with van der Waals surface area (Å²) in [6, 6.07) is 3.64. The van der Waals surface area contributed by atoms with E-state index in [1.807, 2.05) is 17.0 Å². The molecule has 1 fully saturated rings. The Morgan fingerprint density at radius 3 is 2.57 bits per heavy atom. The second-order valence-electron chi connectivity index (χ2n) is 5.19. The van der Waals surface area contributed by atoms with Crippen LogP contribution in [0.25, 0.3) is 0 Å². The van der Waals surface area contributed by atoms with Gasteiger partial charge in [-0.3, -0.25) is 9.69 Å². The fraction of sp³-hybridized carbons (Fsp3) is 0.533. The molecule has 0 saturated heterocycles. The Morgan fingerprint density at radius 2 is 2.10 bits per heavy atom. The van der Waals surface area contributed by atoms with Crippen molar-refractivity contribution >= 4 is 21.9 Å². The van der Waals surface area contributed by atoms with Gasteiger partial charge in [-0.05, 0) is 47.3 Å². The van der Waals surface area contributed by atoms with Crippen molar-refractivity contribution in [3.8, 4) is 11.5 Å². The second-order valence-corrected chi connectivity index (χ2v) is 5.98. The lowest BCUT2D eigenvalue weighted by atomic mass is 10.1. The van der Waals surface area contributed by atoms with E-state index in [1.54, 1.807) is 21.1 Å². The standard InChI is InChI=1S/C15H20BrNO4/c1-9(15(18)19)17(11-5-6-11)8-10-4-7-12(20-2)14(21-3)13(10)16/h4,7,9,11H,5-6,8H2,1-3H3,(H,18,19). The highest BCUT2D eigenvalue weighted by Gasteiger charge is 2.35. The molecule has 1 N–H and O–H groups in total. The third-order valence-corrected chi connectivity index (χ3v) is 4.66. The van der Waals surface area contributed by atoms with E-state index >= 15 is 0 Å². The smallest absolute Gasteiger partial charge is 0.320 e. The SMILES string of the molecule is COc1ccc(CN(C2CC2)C(C)C(=O)O)c(Br)c1OC. The van der Waals surface area contributed by atoms with Gasteiger partial charge in [-0.25, -0.2) is 0 Å². The number of benzene rings is 1. The summed E-state index contributed by atoms with van der Waals surface area (Å²) in [5.74, 6) is 0.490. The number of hydrogen-bond acceptors (Lipinski definition) is 4. The summed E-state index contributed by atoms with van der Waals surface area (Å²) in [5, 5.41) is 9.26. The van der Waals surface area contributed by atoms with Crippen LogP contribution in [0.5, 0.6) is 11.5 Å². The molecule has 6 heteroatoms. The number of carboxylic acid groups (broad SMARTS) is 1. The lowest BCUT2D eigenvalue weighted by Gasteiger charge is -2.27. The van der Waals surface area contributed by atoms with Crippen LogP contribution in [0, 0.1) is 0 Å². The minimum absolute atomic E-state index is 0.357. The number of nitrogens with zero attached hydrogens (tertiary/aromatic N) is 1. The molecule has 5 nitrogen and oxygen atoms in total. The van der Waals surface area contributed by atoms with Crippen molar-refractivity contribution in [3.05, 3.63) is 22.2 Å². The van der Waals surface area contributed by atoms with Gasteiger partial charge in [-0.15, -0.1) is 0 Å². The van der Waals surface area contributed by atoms with Crippen LogP contribution in [0.2, 0.25) is 0 Å². The number of aliphatic carboxylic acids is 1. The maximum Gasteiger partial charge on any atom is 0.320 e. The number of ether oxygens (including phenoxy) is 2. The van der Waals surface area contributed by atoms with E-state index in [0.29, 0.717) is 24.1 Å². The Hall–Kier alpha value is -1.27. The van der Waals surface area contributed by atoms with Crippen LogP contribution < -0.4 is 9.47 Å². The predicted octanol–water partition coefficient (Wildman–Crippen LogP) is 2.90. The minimum atomic E-state index is -0.793. The molecule has 21 heavy (non-hydrogen) atoms. The number of halogens is 1. The van der Waals surface area contributed by atoms with Crippen molar-refractivity contribution in [1.29, 1.82) is 0 Å². The highest BCUT2D eigenvalue weighted by atomic mass is 79.9. The molecule has 0 bridgehead atoms. The Balaban J connectivity index is 2.27. The van der Waals surface area contributed by atoms with Gasteiger partial charge in [0.05, 0.1) is 18.7 Å². The molecule has 0 aromatic heterocycles. The molecule has 1 aromatic rings. The topological polar surface area (TPSA) is 59.0 Å². The molecule has 2 rings (SSSR count). The van der Waals surface area contributed by atoms with Gasteiger partial charge < -0.3 is 14.6 Å². The van der Waals surface area contributed by atoms with Crippen molar-refractivity contribution in [2.45, 2.75) is 38.4 Å². The number of carboxylic acids is 1. The minimum Gasteiger partial charge on any atom is -0.493 e. The Kier molecular flexibility index (Phi) is 5.11. The van der Waals surface area contributed by atoms with Gasteiger partial charge in [0.1, 0.15) is 6.04 Å². The zero-order valence-corrected chi connectivity index (χ0v) is 14.0. The third-order valence-electron chi connectivity index (χ3n) is 3.79. The second kappa shape index (κ2) is 6.66. The summed E-state index contributed by atoms with van der Waals surface area (Å²) in [6.07, 6.45) is 2.12. The molecule has 1 saturated carbocycles. The highest BCUT2D eigenvalue weighted by molar-refractivity contribution is 9.10. The average Bonchev–Trinajstić information content (AvgIpc) is 3.29. The van der Waals surface area contributed by atoms with E-state index in [4.69, 9.17) is 9.47 Å². The zero-order valence-electron chi connectivity index (χ0n) is 12.4. The molecular weight excluding hydrogens is 338 g/mol. The molecule has 1 aromatic carbocycles. The van der Waals surface area contributed by atoms with Gasteiger partial charge in [0.15, 0.2) is 11.5 Å². The van der Waals surface area contributed by atoms with Crippen LogP contribution in [0.15, 0.2) is 16.6 Å². The van der Waals surface area contributed by atoms with Crippen LogP contribution in [-0.2, 0) is 11.3 Å². The monoisotopic (exact) mass is 357 g/mol. The first-order valence-electron chi connectivity index (χ1n) is 6.87. The summed E-state index contributed by atoms with van der Waals surface area (Å²) >= 11 is 3.54. The van der Waals surface area contributed by atoms with E-state index in [0.717, 1.165) is 22.9 Å². The Labute approximate surface area is 133 Å². The fourth-order valence-corrected chi connectivity index (χ4v) is 2.99. The first-order chi connectivity index (χ1) is 9.99. The lowest BCUT2D eigenvalue weighted by Crippen LogP contribution is -2.40. The van der Waals surface area contributed by atoms with Crippen LogP contribution in [0.3, 0.4) is 0 Å². The number of hydrogen-bond donors (Lipinski definition) is 1. The van der Waals surface area contributed by atoms with Gasteiger partial charge in [0.25, 0.3) is 0 Å². The van der Waals surface area contributed by atoms with Crippen molar-refractivity contribution < 1.29 is 19.4 Å². The summed E-state index contributed by atoms with van der Waals surface area (Å²) in [6.45, 7) is 2.30. The van der Waals surface area contributed by atoms with E-state index in [-0.39, 0.29) is 0 Å². The van der Waals surface area contributed by atoms with E-state index in [2.05, 4.69) is 15.9 Å². The average molecular weight is 358 g/mol. The predicted molar refractivity (Wildman–Crippen MR) is 82.9 cm³/mol. The molecule has 0 aliphatic heterocycles. The van der Waals surface area contributed by atoms with Crippen LogP contribution >= 0.6 is 15.9 Å². The van der Waals surface area contributed by atoms with Gasteiger partial charge in [-0.1, -0.05) is 6.07 Å². The largest absolute Gasteiger partial charge is 0.493 e. The lowest BCUT2D eigenvalue weighted by molar-refractivity contribution is -0.143. The quantitative estimate of drug-likeness (QED) is 0.812. The molecule has 0 radical (unpaired) electrons. The van der Waals surface area contributed by atoms with Crippen LogP contribution in [0.4, 0.5) is 0 Å². The van der Waals surface area contributed by atoms with E-state index in [1.165, 1.54) is 0 Å². The van der Waals surface area contributed by atoms with Crippen LogP contribution in [0.1, 0.15) is 25.3 Å². The third kappa shape index (κ3) is 3.49. The number of methoxy groups -OCH3 is 2. The van der Waals surface area contributed by atoms with Gasteiger partial charge in [0, 0.05) is 12.6 Å². The summed E-state index contributed by atoms with van der Waals surface area (Å²) in [4.78, 5) is 13.3. The van der Waals surface area contributed by atoms with Crippen molar-refractivity contribution in [2.24, 2.45) is 0 Å². The maximum absolute atomic E-state index is 11.3. The molecule has 1 atom stereocenters. The Bertz CT molecular complexity index is 531. The summed E-state index contributed by atoms with van der Waals surface area (Å²) in [7, 11) is 3.18. The van der Waals surface area contributed by atoms with Crippen LogP contribution in [-0.4, -0.2) is 42.3 Å². The molecule has 0 amide bonds. The number of carbonyl (C=O) groups is 1. The Morgan fingerprint density at radius 1 is 1.43 bits per heavy atom. The molecule has 1 aliphatic rings. The molecule has 116 valence electrons. The summed E-state index contributed by atoms with van der Waals surface area (Å²) < 4.78 is 11.4. The van der Waals surface area contributed by atoms with E-state index < -0.39 is 12.0 Å². The molecule has 1 aliphatic carbocycles. The maximum atomic E-state index is 11.3. The fourth-order valence-electron chi connectivity index (χ4n) is 2.38. The molecule has 1 unspecified atom stereocenters.